The molecular formula is C5H10BIY3. The van der Waals surface area contributed by atoms with Crippen LogP contribution in [0.2, 0.25) is 6.32 Å². The van der Waals surface area contributed by atoms with Crippen molar-refractivity contribution in [1.82, 2.24) is 0 Å². The Morgan fingerprint density at radius 2 is 1.70 bits per heavy atom. The van der Waals surface area contributed by atoms with Crippen LogP contribution in [0.4, 0.5) is 0 Å². The zero-order chi connectivity index (χ0) is 5.70. The van der Waals surface area contributed by atoms with Crippen LogP contribution in [0.3, 0.4) is 0 Å². The molecule has 0 rings (SSSR count). The Bertz CT molecular complexity index is 47.9. The van der Waals surface area contributed by atoms with Crippen molar-refractivity contribution >= 4 is 30.4 Å². The van der Waals surface area contributed by atoms with Crippen molar-refractivity contribution in [3.05, 3.63) is 0 Å². The van der Waals surface area contributed by atoms with Gasteiger partial charge in [0.1, 0.15) is 0 Å². The van der Waals surface area contributed by atoms with Crippen LogP contribution in [0.25, 0.3) is 0 Å². The van der Waals surface area contributed by atoms with E-state index in [0.29, 0.717) is 0 Å². The first kappa shape index (κ1) is 23.7. The maximum atomic E-state index is 5.30. The molecule has 0 heterocycles. The van der Waals surface area contributed by atoms with E-state index in [4.69, 9.17) is 7.85 Å². The van der Waals surface area contributed by atoms with Gasteiger partial charge < -0.3 is 0 Å². The van der Waals surface area contributed by atoms with Gasteiger partial charge in [-0.2, -0.15) is 0 Å². The molecule has 5 radical (unpaired) electrons. The Morgan fingerprint density at radius 3 is 1.80 bits per heavy atom. The van der Waals surface area contributed by atoms with E-state index in [1.165, 1.54) is 6.42 Å². The van der Waals surface area contributed by atoms with Gasteiger partial charge in [0.15, 0.2) is 0 Å². The van der Waals surface area contributed by atoms with Crippen LogP contribution in [0.5, 0.6) is 0 Å². The van der Waals surface area contributed by atoms with Gasteiger partial charge in [-0.05, 0) is 12.8 Å². The molecular weight excluding hydrogens is 464 g/mol. The van der Waals surface area contributed by atoms with Gasteiger partial charge in [0.05, 0.1) is 7.85 Å². The van der Waals surface area contributed by atoms with E-state index in [0.717, 1.165) is 16.7 Å². The summed E-state index contributed by atoms with van der Waals surface area (Å²) in [5, 5.41) is 0. The van der Waals surface area contributed by atoms with Crippen molar-refractivity contribution in [2.24, 2.45) is 0 Å². The van der Waals surface area contributed by atoms with E-state index < -0.39 is 0 Å². The van der Waals surface area contributed by atoms with Crippen LogP contribution in [0, 0.1) is 0 Å². The number of rotatable bonds is 3. The Kier molecular flexibility index (Phi) is 44.6. The molecule has 0 aliphatic carbocycles. The second-order valence-electron chi connectivity index (χ2n) is 1.58. The molecule has 10 heavy (non-hydrogen) atoms. The van der Waals surface area contributed by atoms with Gasteiger partial charge in [-0.25, -0.2) is 0 Å². The van der Waals surface area contributed by atoms with Crippen molar-refractivity contribution in [1.29, 1.82) is 0 Å². The zero-order valence-electron chi connectivity index (χ0n) is 6.39. The topological polar surface area (TPSA) is 0 Å². The molecule has 5 heteroatoms. The number of halogens is 1. The van der Waals surface area contributed by atoms with E-state index in [1.807, 2.05) is 0 Å². The van der Waals surface area contributed by atoms with Gasteiger partial charge in [0.25, 0.3) is 0 Å². The average Bonchev–Trinajstić information content (AvgIpc) is 1.68. The van der Waals surface area contributed by atoms with Crippen molar-refractivity contribution < 1.29 is 98.1 Å². The molecule has 0 aliphatic heterocycles. The first-order valence-corrected chi connectivity index (χ1v) is 3.90. The molecule has 0 spiro atoms. The van der Waals surface area contributed by atoms with E-state index in [-0.39, 0.29) is 98.1 Å². The molecule has 0 saturated carbocycles. The third-order valence-corrected chi connectivity index (χ3v) is 2.43. The van der Waals surface area contributed by atoms with Crippen LogP contribution in [0.1, 0.15) is 19.8 Å². The van der Waals surface area contributed by atoms with Gasteiger partial charge in [-0.15, -0.1) is 0 Å². The van der Waals surface area contributed by atoms with Crippen molar-refractivity contribution in [3.8, 4) is 0 Å². The number of hydrogen-bond acceptors (Lipinski definition) is 0. The van der Waals surface area contributed by atoms with Crippen molar-refractivity contribution in [2.45, 2.75) is 30.0 Å². The van der Waals surface area contributed by atoms with Gasteiger partial charge >= 0.3 is 0 Å². The molecule has 0 aliphatic rings. The summed E-state index contributed by atoms with van der Waals surface area (Å²) >= 11 is 2.43. The summed E-state index contributed by atoms with van der Waals surface area (Å²) in [6.45, 7) is 2.19. The molecule has 1 atom stereocenters. The van der Waals surface area contributed by atoms with Gasteiger partial charge in [-0.3, -0.25) is 0 Å². The fourth-order valence-corrected chi connectivity index (χ4v) is 0.745. The standard InChI is InChI=1S/C5H10BI.3Y/c1-2-5(7)3-4-6;;;/h5H,2-4H2,1H3;;;. The molecule has 49 valence electrons. The third-order valence-electron chi connectivity index (χ3n) is 0.923. The summed E-state index contributed by atoms with van der Waals surface area (Å²) in [4.78, 5) is 0. The summed E-state index contributed by atoms with van der Waals surface area (Å²) in [7, 11) is 5.30. The smallest absolute Gasteiger partial charge is 0.0653 e. The van der Waals surface area contributed by atoms with Crippen LogP contribution in [-0.4, -0.2) is 11.8 Å². The molecule has 0 bridgehead atoms. The second-order valence-corrected chi connectivity index (χ2v) is 3.34. The Balaban J connectivity index is -0.0000000600. The maximum absolute atomic E-state index is 5.30. The SMILES string of the molecule is [B]CCC(I)CC.[Y].[Y].[Y]. The van der Waals surface area contributed by atoms with Crippen LogP contribution in [0.15, 0.2) is 0 Å². The van der Waals surface area contributed by atoms with Gasteiger partial charge in [0.2, 0.25) is 0 Å². The monoisotopic (exact) mass is 475 g/mol. The fourth-order valence-electron chi connectivity index (χ4n) is 0.385. The van der Waals surface area contributed by atoms with E-state index >= 15 is 0 Å². The third kappa shape index (κ3) is 18.0. The molecule has 1 unspecified atom stereocenters. The Hall–Kier alpha value is 4.11. The molecule has 0 aromatic rings. The van der Waals surface area contributed by atoms with E-state index in [1.54, 1.807) is 0 Å². The summed E-state index contributed by atoms with van der Waals surface area (Å²) in [6, 6.07) is 0. The quantitative estimate of drug-likeness (QED) is 0.334. The van der Waals surface area contributed by atoms with Crippen LogP contribution >= 0.6 is 22.6 Å². The minimum atomic E-state index is 0. The number of hydrogen-bond donors (Lipinski definition) is 0. The molecule has 0 saturated heterocycles. The molecule has 0 fully saturated rings. The van der Waals surface area contributed by atoms with Crippen LogP contribution < -0.4 is 0 Å². The van der Waals surface area contributed by atoms with Gasteiger partial charge in [-0.1, -0.05) is 35.8 Å². The second kappa shape index (κ2) is 18.8. The first-order valence-electron chi connectivity index (χ1n) is 2.65. The zero-order valence-corrected chi connectivity index (χ0v) is 17.1. The van der Waals surface area contributed by atoms with Crippen molar-refractivity contribution in [2.75, 3.05) is 0 Å². The van der Waals surface area contributed by atoms with Crippen molar-refractivity contribution in [3.63, 3.8) is 0 Å². The maximum Gasteiger partial charge on any atom is 0.0653 e. The summed E-state index contributed by atoms with van der Waals surface area (Å²) in [5.74, 6) is 0. The van der Waals surface area contributed by atoms with Crippen LogP contribution in [-0.2, 0) is 98.1 Å². The normalized spacial score (nSPS) is 9.80. The predicted molar refractivity (Wildman–Crippen MR) is 43.3 cm³/mol. The molecule has 0 nitrogen and oxygen atoms in total. The Morgan fingerprint density at radius 1 is 1.30 bits per heavy atom. The van der Waals surface area contributed by atoms with Gasteiger partial charge in [0, 0.05) is 102 Å². The summed E-state index contributed by atoms with van der Waals surface area (Å²) in [5.41, 5.74) is 0. The molecule has 0 aromatic heterocycles. The fraction of sp³-hybridized carbons (Fsp3) is 1.00. The number of alkyl halides is 1. The average molecular weight is 475 g/mol. The minimum Gasteiger partial charge on any atom is -0.0877 e. The Labute approximate surface area is 155 Å². The summed E-state index contributed by atoms with van der Waals surface area (Å²) < 4.78 is 0.794. The minimum absolute atomic E-state index is 0. The molecule has 0 amide bonds. The first-order chi connectivity index (χ1) is 3.31. The molecule has 0 N–H and O–H groups in total. The summed E-state index contributed by atoms with van der Waals surface area (Å²) in [6.07, 6.45) is 3.25. The predicted octanol–water partition coefficient (Wildman–Crippen LogP) is 2.17. The van der Waals surface area contributed by atoms with E-state index in [2.05, 4.69) is 29.5 Å². The molecule has 0 aromatic carbocycles. The largest absolute Gasteiger partial charge is 0.0877 e. The van der Waals surface area contributed by atoms with E-state index in [9.17, 15) is 0 Å².